The number of carbonyl (C=O) groups is 1. The van der Waals surface area contributed by atoms with Crippen LogP contribution in [0.25, 0.3) is 11.4 Å². The van der Waals surface area contributed by atoms with E-state index in [-0.39, 0.29) is 17.1 Å². The van der Waals surface area contributed by atoms with Crippen molar-refractivity contribution in [1.82, 2.24) is 14.8 Å². The van der Waals surface area contributed by atoms with Crippen molar-refractivity contribution in [2.75, 3.05) is 18.2 Å². The molecule has 0 spiro atoms. The number of benzene rings is 2. The summed E-state index contributed by atoms with van der Waals surface area (Å²) in [6, 6.07) is 10.4. The number of methoxy groups -OCH3 is 1. The molecule has 9 nitrogen and oxygen atoms in total. The molecule has 3 aromatic rings. The molecule has 1 aromatic heterocycles. The van der Waals surface area contributed by atoms with Gasteiger partial charge in [0.2, 0.25) is 5.91 Å². The molecule has 0 atom stereocenters. The number of halogens is 1. The van der Waals surface area contributed by atoms with E-state index < -0.39 is 16.6 Å². The number of hydrogen-bond acceptors (Lipinski definition) is 7. The van der Waals surface area contributed by atoms with E-state index in [4.69, 9.17) is 4.74 Å². The minimum absolute atomic E-state index is 0.0605. The maximum atomic E-state index is 13.9. The number of amides is 1. The van der Waals surface area contributed by atoms with Gasteiger partial charge in [0.05, 0.1) is 23.5 Å². The summed E-state index contributed by atoms with van der Waals surface area (Å²) < 4.78 is 21.1. The van der Waals surface area contributed by atoms with Crippen molar-refractivity contribution < 1.29 is 18.8 Å². The Bertz CT molecular complexity index is 1100. The number of aromatic nitrogens is 3. The first kappa shape index (κ1) is 23.2. The second-order valence-corrected chi connectivity index (χ2v) is 7.74. The third kappa shape index (κ3) is 5.61. The van der Waals surface area contributed by atoms with Crippen molar-refractivity contribution in [2.45, 2.75) is 31.5 Å². The van der Waals surface area contributed by atoms with Crippen LogP contribution < -0.4 is 10.1 Å². The lowest BCUT2D eigenvalue weighted by atomic mass is 10.2. The van der Waals surface area contributed by atoms with E-state index in [2.05, 4.69) is 22.4 Å². The van der Waals surface area contributed by atoms with Crippen LogP contribution in [0.4, 0.5) is 15.8 Å². The van der Waals surface area contributed by atoms with Crippen LogP contribution in [-0.2, 0) is 11.3 Å². The van der Waals surface area contributed by atoms with Gasteiger partial charge in [-0.25, -0.2) is 4.39 Å². The van der Waals surface area contributed by atoms with Gasteiger partial charge in [-0.3, -0.25) is 14.9 Å². The first-order valence-electron chi connectivity index (χ1n) is 9.87. The molecule has 0 aliphatic rings. The Morgan fingerprint density at radius 3 is 2.66 bits per heavy atom. The van der Waals surface area contributed by atoms with Gasteiger partial charge in [-0.1, -0.05) is 25.1 Å². The zero-order chi connectivity index (χ0) is 23.1. The van der Waals surface area contributed by atoms with Crippen LogP contribution in [0.1, 0.15) is 19.8 Å². The smallest absolute Gasteiger partial charge is 0.271 e. The molecule has 0 fully saturated rings. The number of rotatable bonds is 10. The lowest BCUT2D eigenvalue weighted by molar-refractivity contribution is -0.384. The Kier molecular flexibility index (Phi) is 7.77. The molecule has 0 unspecified atom stereocenters. The molecule has 0 aliphatic heterocycles. The quantitative estimate of drug-likeness (QED) is 0.269. The van der Waals surface area contributed by atoms with Gasteiger partial charge in [0.1, 0.15) is 11.6 Å². The predicted octanol–water partition coefficient (Wildman–Crippen LogP) is 4.53. The molecule has 0 bridgehead atoms. The summed E-state index contributed by atoms with van der Waals surface area (Å²) in [5.41, 5.74) is 0.318. The highest BCUT2D eigenvalue weighted by molar-refractivity contribution is 7.99. The summed E-state index contributed by atoms with van der Waals surface area (Å²) in [6.07, 6.45) is 1.87. The number of nitrogens with one attached hydrogen (secondary N) is 1. The van der Waals surface area contributed by atoms with Gasteiger partial charge in [-0.05, 0) is 36.8 Å². The Labute approximate surface area is 188 Å². The van der Waals surface area contributed by atoms with E-state index in [0.29, 0.717) is 17.5 Å². The highest BCUT2D eigenvalue weighted by Gasteiger charge is 2.17. The molecule has 0 saturated carbocycles. The minimum Gasteiger partial charge on any atom is -0.497 e. The average molecular weight is 460 g/mol. The second-order valence-electron chi connectivity index (χ2n) is 6.80. The van der Waals surface area contributed by atoms with Crippen LogP contribution in [0.2, 0.25) is 0 Å². The van der Waals surface area contributed by atoms with Crippen LogP contribution in [0.3, 0.4) is 0 Å². The maximum Gasteiger partial charge on any atom is 0.271 e. The van der Waals surface area contributed by atoms with Gasteiger partial charge in [0, 0.05) is 24.2 Å². The molecule has 3 rings (SSSR count). The van der Waals surface area contributed by atoms with Gasteiger partial charge in [0.25, 0.3) is 5.69 Å². The molecule has 1 amide bonds. The standard InChI is InChI=1S/C21H22FN5O4S/c1-3-4-11-26-20(14-5-8-16(31-2)9-6-14)24-25-21(26)32-13-19(28)23-18-12-15(27(29)30)7-10-17(18)22/h5-10,12H,3-4,11,13H2,1-2H3,(H,23,28). The summed E-state index contributed by atoms with van der Waals surface area (Å²) in [6.45, 7) is 2.75. The number of unbranched alkanes of at least 4 members (excludes halogenated alkanes) is 1. The Hall–Kier alpha value is -3.47. The predicted molar refractivity (Wildman–Crippen MR) is 119 cm³/mol. The zero-order valence-electron chi connectivity index (χ0n) is 17.6. The molecular formula is C21H22FN5O4S. The zero-order valence-corrected chi connectivity index (χ0v) is 18.4. The fourth-order valence-corrected chi connectivity index (χ4v) is 3.67. The van der Waals surface area contributed by atoms with E-state index in [1.165, 1.54) is 0 Å². The number of thioether (sulfide) groups is 1. The minimum atomic E-state index is -0.748. The van der Waals surface area contributed by atoms with Crippen molar-refractivity contribution >= 4 is 29.0 Å². The Balaban J connectivity index is 1.74. The highest BCUT2D eigenvalue weighted by Crippen LogP contribution is 2.27. The number of nitro benzene ring substituents is 1. The molecule has 1 N–H and O–H groups in total. The second kappa shape index (κ2) is 10.7. The van der Waals surface area contributed by atoms with Gasteiger partial charge < -0.3 is 14.6 Å². The van der Waals surface area contributed by atoms with Crippen LogP contribution in [0.15, 0.2) is 47.6 Å². The lowest BCUT2D eigenvalue weighted by Crippen LogP contribution is -2.16. The molecule has 168 valence electrons. The SMILES string of the molecule is CCCCn1c(SCC(=O)Nc2cc([N+](=O)[O-])ccc2F)nnc1-c1ccc(OC)cc1. The van der Waals surface area contributed by atoms with Crippen molar-refractivity contribution in [3.8, 4) is 17.1 Å². The first-order chi connectivity index (χ1) is 15.4. The van der Waals surface area contributed by atoms with Crippen molar-refractivity contribution in [2.24, 2.45) is 0 Å². The average Bonchev–Trinajstić information content (AvgIpc) is 3.20. The van der Waals surface area contributed by atoms with Crippen molar-refractivity contribution in [3.05, 3.63) is 58.4 Å². The molecule has 2 aromatic carbocycles. The van der Waals surface area contributed by atoms with Crippen molar-refractivity contribution in [1.29, 1.82) is 0 Å². The van der Waals surface area contributed by atoms with Crippen LogP contribution in [0, 0.1) is 15.9 Å². The molecule has 0 aliphatic carbocycles. The van der Waals surface area contributed by atoms with Gasteiger partial charge in [-0.15, -0.1) is 10.2 Å². The summed E-state index contributed by atoms with van der Waals surface area (Å²) in [5, 5.41) is 22.3. The monoisotopic (exact) mass is 459 g/mol. The lowest BCUT2D eigenvalue weighted by Gasteiger charge is -2.10. The largest absolute Gasteiger partial charge is 0.497 e. The first-order valence-corrected chi connectivity index (χ1v) is 10.9. The van der Waals surface area contributed by atoms with Crippen molar-refractivity contribution in [3.63, 3.8) is 0 Å². The summed E-state index contributed by atoms with van der Waals surface area (Å²) in [4.78, 5) is 22.6. The molecular weight excluding hydrogens is 437 g/mol. The van der Waals surface area contributed by atoms with Gasteiger partial charge in [-0.2, -0.15) is 0 Å². The summed E-state index contributed by atoms with van der Waals surface area (Å²) in [7, 11) is 1.60. The van der Waals surface area contributed by atoms with E-state index in [9.17, 15) is 19.3 Å². The molecule has 11 heteroatoms. The van der Waals surface area contributed by atoms with E-state index in [0.717, 1.165) is 54.1 Å². The van der Waals surface area contributed by atoms with Gasteiger partial charge >= 0.3 is 0 Å². The Morgan fingerprint density at radius 2 is 2.00 bits per heavy atom. The fourth-order valence-electron chi connectivity index (χ4n) is 2.91. The number of carbonyl (C=O) groups excluding carboxylic acids is 1. The number of non-ortho nitro benzene ring substituents is 1. The molecule has 1 heterocycles. The van der Waals surface area contributed by atoms with E-state index in [1.54, 1.807) is 7.11 Å². The number of nitrogens with zero attached hydrogens (tertiary/aromatic N) is 4. The highest BCUT2D eigenvalue weighted by atomic mass is 32.2. The Morgan fingerprint density at radius 1 is 1.25 bits per heavy atom. The number of anilines is 1. The number of nitro groups is 1. The molecule has 0 saturated heterocycles. The third-order valence-electron chi connectivity index (χ3n) is 4.57. The number of hydrogen-bond donors (Lipinski definition) is 1. The van der Waals surface area contributed by atoms with Gasteiger partial charge in [0.15, 0.2) is 11.0 Å². The van der Waals surface area contributed by atoms with Crippen LogP contribution >= 0.6 is 11.8 Å². The third-order valence-corrected chi connectivity index (χ3v) is 5.53. The topological polar surface area (TPSA) is 112 Å². The molecule has 0 radical (unpaired) electrons. The maximum absolute atomic E-state index is 13.9. The van der Waals surface area contributed by atoms with Crippen LogP contribution in [0.5, 0.6) is 5.75 Å². The molecule has 32 heavy (non-hydrogen) atoms. The number of ether oxygens (including phenoxy) is 1. The van der Waals surface area contributed by atoms with Crippen LogP contribution in [-0.4, -0.2) is 38.5 Å². The normalized spacial score (nSPS) is 10.7. The van der Waals surface area contributed by atoms with E-state index >= 15 is 0 Å². The fraction of sp³-hybridized carbons (Fsp3) is 0.286. The summed E-state index contributed by atoms with van der Waals surface area (Å²) in [5.74, 6) is 0.0868. The van der Waals surface area contributed by atoms with E-state index in [1.807, 2.05) is 28.8 Å². The summed E-state index contributed by atoms with van der Waals surface area (Å²) >= 11 is 1.16.